The number of rotatable bonds is 3. The molecule has 1 aromatic rings. The number of aliphatic carboxylic acids is 1. The number of nitrogens with zero attached hydrogens (tertiary/aromatic N) is 2. The summed E-state index contributed by atoms with van der Waals surface area (Å²) < 4.78 is 0. The predicted octanol–water partition coefficient (Wildman–Crippen LogP) is 0.394. The van der Waals surface area contributed by atoms with Crippen molar-refractivity contribution in [2.24, 2.45) is 17.6 Å². The third-order valence-corrected chi connectivity index (χ3v) is 4.03. The largest absolute Gasteiger partial charge is 0.481 e. The van der Waals surface area contributed by atoms with Crippen LogP contribution in [0.3, 0.4) is 0 Å². The maximum absolute atomic E-state index is 12.1. The smallest absolute Gasteiger partial charge is 0.308 e. The molecule has 1 amide bonds. The van der Waals surface area contributed by atoms with Crippen LogP contribution in [0.15, 0.2) is 5.38 Å². The molecule has 2 atom stereocenters. The van der Waals surface area contributed by atoms with Gasteiger partial charge < -0.3 is 15.7 Å². The van der Waals surface area contributed by atoms with Crippen molar-refractivity contribution < 1.29 is 14.7 Å². The second kappa shape index (κ2) is 5.03. The first-order chi connectivity index (χ1) is 8.52. The number of likely N-dealkylation sites (tertiary alicyclic amines) is 1. The lowest BCUT2D eigenvalue weighted by Crippen LogP contribution is -2.30. The van der Waals surface area contributed by atoms with Crippen LogP contribution < -0.4 is 5.73 Å². The fourth-order valence-corrected chi connectivity index (χ4v) is 2.77. The Morgan fingerprint density at radius 3 is 2.83 bits per heavy atom. The van der Waals surface area contributed by atoms with Crippen LogP contribution in [-0.2, 0) is 11.3 Å². The number of amides is 1. The van der Waals surface area contributed by atoms with Gasteiger partial charge in [0.05, 0.1) is 5.92 Å². The monoisotopic (exact) mass is 269 g/mol. The molecule has 7 heteroatoms. The first kappa shape index (κ1) is 13.0. The number of hydrogen-bond acceptors (Lipinski definition) is 5. The van der Waals surface area contributed by atoms with E-state index in [1.807, 2.05) is 6.92 Å². The second-order valence-electron chi connectivity index (χ2n) is 4.46. The number of carbonyl (C=O) groups excluding carboxylic acids is 1. The minimum absolute atomic E-state index is 0.0286. The van der Waals surface area contributed by atoms with E-state index in [0.717, 1.165) is 0 Å². The van der Waals surface area contributed by atoms with Gasteiger partial charge in [-0.15, -0.1) is 11.3 Å². The lowest BCUT2D eigenvalue weighted by atomic mass is 9.99. The van der Waals surface area contributed by atoms with E-state index in [1.165, 1.54) is 11.3 Å². The van der Waals surface area contributed by atoms with Crippen LogP contribution >= 0.6 is 11.3 Å². The molecule has 1 aliphatic rings. The van der Waals surface area contributed by atoms with Gasteiger partial charge in [-0.3, -0.25) is 9.59 Å². The zero-order chi connectivity index (χ0) is 13.3. The van der Waals surface area contributed by atoms with Crippen LogP contribution in [-0.4, -0.2) is 40.0 Å². The number of thiazole rings is 1. The van der Waals surface area contributed by atoms with E-state index in [9.17, 15) is 9.59 Å². The number of aromatic nitrogens is 1. The topological polar surface area (TPSA) is 96.5 Å². The van der Waals surface area contributed by atoms with Crippen molar-refractivity contribution in [1.29, 1.82) is 0 Å². The number of nitrogens with two attached hydrogens (primary N) is 1. The molecule has 3 N–H and O–H groups in total. The van der Waals surface area contributed by atoms with Crippen LogP contribution in [0.1, 0.15) is 22.4 Å². The fourth-order valence-electron chi connectivity index (χ4n) is 2.12. The summed E-state index contributed by atoms with van der Waals surface area (Å²) in [5, 5.41) is 11.4. The third-order valence-electron chi connectivity index (χ3n) is 3.16. The third kappa shape index (κ3) is 2.37. The number of carbonyl (C=O) groups is 2. The molecule has 0 aromatic carbocycles. The summed E-state index contributed by atoms with van der Waals surface area (Å²) in [4.78, 5) is 28.8. The van der Waals surface area contributed by atoms with Gasteiger partial charge in [-0.1, -0.05) is 6.92 Å². The van der Waals surface area contributed by atoms with Gasteiger partial charge in [0.25, 0.3) is 5.91 Å². The first-order valence-corrected chi connectivity index (χ1v) is 6.57. The van der Waals surface area contributed by atoms with Gasteiger partial charge in [0.1, 0.15) is 10.7 Å². The average Bonchev–Trinajstić information content (AvgIpc) is 2.94. The summed E-state index contributed by atoms with van der Waals surface area (Å²) >= 11 is 1.34. The summed E-state index contributed by atoms with van der Waals surface area (Å²) in [5.74, 6) is -1.57. The minimum atomic E-state index is -0.848. The minimum Gasteiger partial charge on any atom is -0.481 e. The van der Waals surface area contributed by atoms with Gasteiger partial charge >= 0.3 is 5.97 Å². The number of carboxylic acid groups (broad SMARTS) is 1. The molecule has 0 aliphatic carbocycles. The van der Waals surface area contributed by atoms with Gasteiger partial charge in [0.15, 0.2) is 0 Å². The molecule has 0 radical (unpaired) electrons. The summed E-state index contributed by atoms with van der Waals surface area (Å²) in [5.41, 5.74) is 5.81. The highest BCUT2D eigenvalue weighted by Crippen LogP contribution is 2.25. The summed E-state index contributed by atoms with van der Waals surface area (Å²) in [7, 11) is 0. The Morgan fingerprint density at radius 2 is 2.33 bits per heavy atom. The van der Waals surface area contributed by atoms with Gasteiger partial charge in [0, 0.05) is 25.0 Å². The zero-order valence-corrected chi connectivity index (χ0v) is 10.8. The Morgan fingerprint density at radius 1 is 1.61 bits per heavy atom. The summed E-state index contributed by atoms with van der Waals surface area (Å²) in [6, 6.07) is 0. The van der Waals surface area contributed by atoms with Crippen LogP contribution in [0.5, 0.6) is 0 Å². The molecule has 0 saturated carbocycles. The maximum Gasteiger partial charge on any atom is 0.308 e. The molecular weight excluding hydrogens is 254 g/mol. The lowest BCUT2D eigenvalue weighted by Gasteiger charge is -2.13. The number of hydrogen-bond donors (Lipinski definition) is 2. The molecule has 2 rings (SSSR count). The molecule has 1 saturated heterocycles. The molecular formula is C11H15N3O3S. The standard InChI is InChI=1S/C11H15N3O3S/c1-6-3-14(4-7(6)11(16)17)10(15)8-5-18-9(2-12)13-8/h5-7H,2-4,12H2,1H3,(H,16,17)/t6-,7-/m1/s1. The van der Waals surface area contributed by atoms with Crippen molar-refractivity contribution in [1.82, 2.24) is 9.88 Å². The van der Waals surface area contributed by atoms with Crippen molar-refractivity contribution in [3.8, 4) is 0 Å². The Hall–Kier alpha value is -1.47. The molecule has 0 spiro atoms. The van der Waals surface area contributed by atoms with Crippen molar-refractivity contribution >= 4 is 23.2 Å². The maximum atomic E-state index is 12.1. The Bertz CT molecular complexity index is 474. The SMILES string of the molecule is C[C@@H]1CN(C(=O)c2csc(CN)n2)C[C@H]1C(=O)O. The van der Waals surface area contributed by atoms with Gasteiger partial charge in [-0.25, -0.2) is 4.98 Å². The molecule has 0 unspecified atom stereocenters. The summed E-state index contributed by atoms with van der Waals surface area (Å²) in [6.45, 7) is 2.88. The molecule has 2 heterocycles. The Kier molecular flexibility index (Phi) is 3.63. The zero-order valence-electron chi connectivity index (χ0n) is 10.00. The van der Waals surface area contributed by atoms with E-state index in [1.54, 1.807) is 10.3 Å². The normalized spacial score (nSPS) is 23.3. The molecule has 1 aromatic heterocycles. The van der Waals surface area contributed by atoms with E-state index < -0.39 is 11.9 Å². The van der Waals surface area contributed by atoms with Crippen molar-refractivity contribution in [2.75, 3.05) is 13.1 Å². The highest BCUT2D eigenvalue weighted by molar-refractivity contribution is 7.09. The quantitative estimate of drug-likeness (QED) is 0.827. The van der Waals surface area contributed by atoms with E-state index in [0.29, 0.717) is 23.8 Å². The van der Waals surface area contributed by atoms with Crippen LogP contribution in [0.2, 0.25) is 0 Å². The second-order valence-corrected chi connectivity index (χ2v) is 5.41. The van der Waals surface area contributed by atoms with Gasteiger partial charge in [0.2, 0.25) is 0 Å². The number of carboxylic acids is 1. The highest BCUT2D eigenvalue weighted by Gasteiger charge is 2.37. The molecule has 1 aliphatic heterocycles. The predicted molar refractivity (Wildman–Crippen MR) is 66.2 cm³/mol. The molecule has 6 nitrogen and oxygen atoms in total. The van der Waals surface area contributed by atoms with E-state index in [2.05, 4.69) is 4.98 Å². The van der Waals surface area contributed by atoms with Crippen molar-refractivity contribution in [3.05, 3.63) is 16.1 Å². The van der Waals surface area contributed by atoms with E-state index in [4.69, 9.17) is 10.8 Å². The molecule has 98 valence electrons. The van der Waals surface area contributed by atoms with E-state index in [-0.39, 0.29) is 18.4 Å². The fraction of sp³-hybridized carbons (Fsp3) is 0.545. The first-order valence-electron chi connectivity index (χ1n) is 5.69. The summed E-state index contributed by atoms with van der Waals surface area (Å²) in [6.07, 6.45) is 0. The molecule has 0 bridgehead atoms. The molecule has 1 fully saturated rings. The Labute approximate surface area is 108 Å². The van der Waals surface area contributed by atoms with Crippen LogP contribution in [0.25, 0.3) is 0 Å². The van der Waals surface area contributed by atoms with Crippen molar-refractivity contribution in [3.63, 3.8) is 0 Å². The average molecular weight is 269 g/mol. The lowest BCUT2D eigenvalue weighted by molar-refractivity contribution is -0.142. The Balaban J connectivity index is 2.09. The van der Waals surface area contributed by atoms with E-state index >= 15 is 0 Å². The van der Waals surface area contributed by atoms with Crippen LogP contribution in [0, 0.1) is 11.8 Å². The van der Waals surface area contributed by atoms with Gasteiger partial charge in [-0.2, -0.15) is 0 Å². The highest BCUT2D eigenvalue weighted by atomic mass is 32.1. The van der Waals surface area contributed by atoms with Crippen LogP contribution in [0.4, 0.5) is 0 Å². The van der Waals surface area contributed by atoms with Crippen molar-refractivity contribution in [2.45, 2.75) is 13.5 Å². The van der Waals surface area contributed by atoms with Gasteiger partial charge in [-0.05, 0) is 5.92 Å². The molecule has 18 heavy (non-hydrogen) atoms.